The summed E-state index contributed by atoms with van der Waals surface area (Å²) in [6, 6.07) is 8.86. The highest BCUT2D eigenvalue weighted by Crippen LogP contribution is 2.46. The van der Waals surface area contributed by atoms with Gasteiger partial charge in [0.15, 0.2) is 0 Å². The lowest BCUT2D eigenvalue weighted by Crippen LogP contribution is -2.48. The lowest BCUT2D eigenvalue weighted by atomic mass is 9.74. The molecule has 1 aromatic heterocycles. The Morgan fingerprint density at radius 2 is 2.07 bits per heavy atom. The zero-order valence-corrected chi connectivity index (χ0v) is 16.6. The predicted octanol–water partition coefficient (Wildman–Crippen LogP) is 2.16. The number of benzene rings is 1. The zero-order valence-electron chi connectivity index (χ0n) is 16.6. The Morgan fingerprint density at radius 3 is 2.89 bits per heavy atom. The van der Waals surface area contributed by atoms with Crippen LogP contribution in [-0.4, -0.2) is 59.0 Å². The Balaban J connectivity index is 1.26. The second kappa shape index (κ2) is 8.31. The number of rotatable bonds is 6. The van der Waals surface area contributed by atoms with Gasteiger partial charge in [-0.15, -0.1) is 10.2 Å². The van der Waals surface area contributed by atoms with Gasteiger partial charge in [0.25, 0.3) is 0 Å². The Kier molecular flexibility index (Phi) is 5.62. The van der Waals surface area contributed by atoms with Crippen LogP contribution in [0.1, 0.15) is 36.2 Å². The SMILES string of the molecule is COCCn1cnnc1CCNC(=O)N1CCC2(CCc3ccccc32)CC1. The van der Waals surface area contributed by atoms with Crippen LogP contribution in [0.15, 0.2) is 30.6 Å². The van der Waals surface area contributed by atoms with Crippen molar-refractivity contribution >= 4 is 6.03 Å². The van der Waals surface area contributed by atoms with E-state index in [1.54, 1.807) is 13.4 Å². The van der Waals surface area contributed by atoms with E-state index in [1.807, 2.05) is 9.47 Å². The number of ether oxygens (including phenoxy) is 1. The van der Waals surface area contributed by atoms with Crippen molar-refractivity contribution < 1.29 is 9.53 Å². The van der Waals surface area contributed by atoms with E-state index in [4.69, 9.17) is 4.74 Å². The van der Waals surface area contributed by atoms with Crippen molar-refractivity contribution in [2.45, 2.75) is 44.1 Å². The second-order valence-corrected chi connectivity index (χ2v) is 7.84. The van der Waals surface area contributed by atoms with E-state index < -0.39 is 0 Å². The second-order valence-electron chi connectivity index (χ2n) is 7.84. The summed E-state index contributed by atoms with van der Waals surface area (Å²) in [6.07, 6.45) is 6.89. The van der Waals surface area contributed by atoms with Gasteiger partial charge in [-0.25, -0.2) is 4.79 Å². The molecular formula is C21H29N5O2. The minimum Gasteiger partial charge on any atom is -0.383 e. The van der Waals surface area contributed by atoms with Crippen molar-refractivity contribution in [3.8, 4) is 0 Å². The van der Waals surface area contributed by atoms with Crippen LogP contribution in [0, 0.1) is 0 Å². The van der Waals surface area contributed by atoms with Crippen molar-refractivity contribution in [1.29, 1.82) is 0 Å². The molecule has 0 atom stereocenters. The molecule has 1 N–H and O–H groups in total. The van der Waals surface area contributed by atoms with Crippen LogP contribution >= 0.6 is 0 Å². The van der Waals surface area contributed by atoms with Crippen LogP contribution in [0.5, 0.6) is 0 Å². The molecule has 1 aliphatic heterocycles. The van der Waals surface area contributed by atoms with Gasteiger partial charge in [0.1, 0.15) is 12.2 Å². The van der Waals surface area contributed by atoms with Gasteiger partial charge in [-0.05, 0) is 42.2 Å². The number of carbonyl (C=O) groups excluding carboxylic acids is 1. The number of nitrogens with zero attached hydrogens (tertiary/aromatic N) is 4. The van der Waals surface area contributed by atoms with Crippen LogP contribution in [0.25, 0.3) is 0 Å². The zero-order chi connectivity index (χ0) is 19.4. The summed E-state index contributed by atoms with van der Waals surface area (Å²) in [5.41, 5.74) is 3.30. The number of hydrogen-bond donors (Lipinski definition) is 1. The van der Waals surface area contributed by atoms with E-state index in [2.05, 4.69) is 39.8 Å². The minimum atomic E-state index is 0.0316. The van der Waals surface area contributed by atoms with Crippen LogP contribution in [0.3, 0.4) is 0 Å². The van der Waals surface area contributed by atoms with Crippen molar-refractivity contribution in [3.63, 3.8) is 0 Å². The summed E-state index contributed by atoms with van der Waals surface area (Å²) in [4.78, 5) is 14.5. The molecule has 150 valence electrons. The number of aromatic nitrogens is 3. The van der Waals surface area contributed by atoms with E-state index in [0.717, 1.165) is 38.3 Å². The highest BCUT2D eigenvalue weighted by atomic mass is 16.5. The number of nitrogens with one attached hydrogen (secondary N) is 1. The summed E-state index contributed by atoms with van der Waals surface area (Å²) >= 11 is 0. The summed E-state index contributed by atoms with van der Waals surface area (Å²) < 4.78 is 7.07. The van der Waals surface area contributed by atoms with E-state index in [-0.39, 0.29) is 11.4 Å². The third kappa shape index (κ3) is 3.76. The summed E-state index contributed by atoms with van der Waals surface area (Å²) in [5, 5.41) is 11.1. The average Bonchev–Trinajstić information content (AvgIpc) is 3.32. The smallest absolute Gasteiger partial charge is 0.317 e. The molecule has 2 aliphatic rings. The first-order valence-corrected chi connectivity index (χ1v) is 10.2. The third-order valence-corrected chi connectivity index (χ3v) is 6.33. The molecule has 2 aromatic rings. The van der Waals surface area contributed by atoms with Crippen molar-refractivity contribution in [1.82, 2.24) is 25.0 Å². The molecule has 1 aliphatic carbocycles. The van der Waals surface area contributed by atoms with Crippen LogP contribution in [0.2, 0.25) is 0 Å². The Hall–Kier alpha value is -2.41. The maximum absolute atomic E-state index is 12.6. The van der Waals surface area contributed by atoms with Gasteiger partial charge in [-0.3, -0.25) is 0 Å². The fraction of sp³-hybridized carbons (Fsp3) is 0.571. The Morgan fingerprint density at radius 1 is 1.25 bits per heavy atom. The van der Waals surface area contributed by atoms with E-state index in [9.17, 15) is 4.79 Å². The first kappa shape index (κ1) is 18.9. The lowest BCUT2D eigenvalue weighted by molar-refractivity contribution is 0.157. The third-order valence-electron chi connectivity index (χ3n) is 6.33. The lowest BCUT2D eigenvalue weighted by Gasteiger charge is -2.40. The number of urea groups is 1. The fourth-order valence-electron chi connectivity index (χ4n) is 4.66. The maximum Gasteiger partial charge on any atom is 0.317 e. The van der Waals surface area contributed by atoms with Gasteiger partial charge < -0.3 is 19.5 Å². The molecule has 7 heteroatoms. The molecule has 0 bridgehead atoms. The van der Waals surface area contributed by atoms with Crippen molar-refractivity contribution in [3.05, 3.63) is 47.5 Å². The molecule has 1 spiro atoms. The van der Waals surface area contributed by atoms with E-state index >= 15 is 0 Å². The number of hydrogen-bond acceptors (Lipinski definition) is 4. The predicted molar refractivity (Wildman–Crippen MR) is 106 cm³/mol. The monoisotopic (exact) mass is 383 g/mol. The molecule has 4 rings (SSSR count). The molecule has 0 radical (unpaired) electrons. The average molecular weight is 383 g/mol. The van der Waals surface area contributed by atoms with Gasteiger partial charge in [0.05, 0.1) is 6.61 Å². The normalized spacial score (nSPS) is 17.7. The van der Waals surface area contributed by atoms with E-state index in [0.29, 0.717) is 19.6 Å². The number of aryl methyl sites for hydroxylation is 1. The molecule has 0 unspecified atom stereocenters. The maximum atomic E-state index is 12.6. The van der Waals surface area contributed by atoms with Crippen LogP contribution in [0.4, 0.5) is 4.79 Å². The molecule has 1 fully saturated rings. The number of fused-ring (bicyclic) bond motifs is 2. The summed E-state index contributed by atoms with van der Waals surface area (Å²) in [5.74, 6) is 0.873. The van der Waals surface area contributed by atoms with Crippen molar-refractivity contribution in [2.24, 2.45) is 0 Å². The molecular weight excluding hydrogens is 354 g/mol. The van der Waals surface area contributed by atoms with Gasteiger partial charge in [0.2, 0.25) is 0 Å². The fourth-order valence-corrected chi connectivity index (χ4v) is 4.66. The molecule has 2 amide bonds. The number of methoxy groups -OCH3 is 1. The standard InChI is InChI=1S/C21H29N5O2/c1-28-15-14-26-16-23-24-19(26)7-11-22-20(27)25-12-9-21(10-13-25)8-6-17-4-2-3-5-18(17)21/h2-5,16H,6-15H2,1H3,(H,22,27). The summed E-state index contributed by atoms with van der Waals surface area (Å²) in [7, 11) is 1.68. The minimum absolute atomic E-state index is 0.0316. The van der Waals surface area contributed by atoms with Gasteiger partial charge in [0, 0.05) is 39.7 Å². The first-order chi connectivity index (χ1) is 13.7. The quantitative estimate of drug-likeness (QED) is 0.830. The molecule has 28 heavy (non-hydrogen) atoms. The number of amides is 2. The Bertz CT molecular complexity index is 811. The molecule has 1 aromatic carbocycles. The highest BCUT2D eigenvalue weighted by molar-refractivity contribution is 5.74. The van der Waals surface area contributed by atoms with Crippen molar-refractivity contribution in [2.75, 3.05) is 33.4 Å². The topological polar surface area (TPSA) is 72.3 Å². The molecule has 1 saturated heterocycles. The number of likely N-dealkylation sites (tertiary alicyclic amines) is 1. The molecule has 7 nitrogen and oxygen atoms in total. The van der Waals surface area contributed by atoms with Gasteiger partial charge >= 0.3 is 6.03 Å². The first-order valence-electron chi connectivity index (χ1n) is 10.2. The molecule has 2 heterocycles. The van der Waals surface area contributed by atoms with Gasteiger partial charge in [-0.2, -0.15) is 0 Å². The van der Waals surface area contributed by atoms with Gasteiger partial charge in [-0.1, -0.05) is 24.3 Å². The largest absolute Gasteiger partial charge is 0.383 e. The Labute approximate surface area is 166 Å². The van der Waals surface area contributed by atoms with E-state index in [1.165, 1.54) is 24.0 Å². The van der Waals surface area contributed by atoms with Crippen LogP contribution in [-0.2, 0) is 29.5 Å². The number of piperidine rings is 1. The molecule has 0 saturated carbocycles. The highest BCUT2D eigenvalue weighted by Gasteiger charge is 2.41. The summed E-state index contributed by atoms with van der Waals surface area (Å²) in [6.45, 7) is 3.56. The number of carbonyl (C=O) groups is 1. The van der Waals surface area contributed by atoms with Crippen LogP contribution < -0.4 is 5.32 Å².